The number of hydrogen-bond donors (Lipinski definition) is 0. The zero-order chi connectivity index (χ0) is 0. The van der Waals surface area contributed by atoms with Crippen LogP contribution in [0.15, 0.2) is 0 Å². The minimum Gasteiger partial charge on any atom is -1.00 e. The zero-order valence-corrected chi connectivity index (χ0v) is 11.6. The third-order valence-electron chi connectivity index (χ3n) is 0. The van der Waals surface area contributed by atoms with Gasteiger partial charge in [-0.25, -0.2) is 0 Å². The molecule has 5 heavy (non-hydrogen) atoms. The van der Waals surface area contributed by atoms with Crippen molar-refractivity contribution in [1.82, 2.24) is 0 Å². The van der Waals surface area contributed by atoms with Gasteiger partial charge in [-0.2, -0.15) is 0 Å². The minimum absolute atomic E-state index is 0. The van der Waals surface area contributed by atoms with Crippen LogP contribution in [0.5, 0.6) is 0 Å². The van der Waals surface area contributed by atoms with Crippen molar-refractivity contribution >= 4 is 121 Å². The first-order valence-electron chi connectivity index (χ1n) is 0. The van der Waals surface area contributed by atoms with E-state index in [1.54, 1.807) is 0 Å². The topological polar surface area (TPSA) is 0 Å². The van der Waals surface area contributed by atoms with E-state index >= 15 is 0 Å². The maximum Gasteiger partial charge on any atom is 2.00 e. The molecule has 0 aliphatic rings. The maximum absolute atomic E-state index is 0. The summed E-state index contributed by atoms with van der Waals surface area (Å²) in [5, 5.41) is 0. The van der Waals surface area contributed by atoms with Crippen LogP contribution in [-0.2, 0) is 17.1 Å². The molecule has 0 amide bonds. The van der Waals surface area contributed by atoms with E-state index < -0.39 is 0 Å². The van der Waals surface area contributed by atoms with E-state index in [9.17, 15) is 0 Å². The Hall–Kier alpha value is 4.33. The summed E-state index contributed by atoms with van der Waals surface area (Å²) in [7, 11) is 0. The normalized spacial score (nSPS) is 0. The van der Waals surface area contributed by atoms with Gasteiger partial charge in [-0.05, 0) is 11.0 Å². The van der Waals surface area contributed by atoms with Gasteiger partial charge in [-0.1, -0.05) is 0 Å². The Morgan fingerprint density at radius 3 is 1.20 bits per heavy atom. The second kappa shape index (κ2) is 23.9. The van der Waals surface area contributed by atoms with Crippen molar-refractivity contribution < 1.29 is 25.6 Å². The molecule has 0 radical (unpaired) electrons. The van der Waals surface area contributed by atoms with Gasteiger partial charge < -0.3 is 8.56 Å². The van der Waals surface area contributed by atoms with Crippen LogP contribution in [0.25, 0.3) is 0 Å². The van der Waals surface area contributed by atoms with Crippen LogP contribution < -0.4 is 0 Å². The monoisotopic (exact) mass is 296 g/mol. The SMILES string of the molecule is [Ba+2].[Ca+2].[Fe].[H-].[H-].[H-].[H-].[H-].[H-].[Mg+2].[SiH4]. The predicted molar refractivity (Wildman–Crippen MR) is 35.3 cm³/mol. The van der Waals surface area contributed by atoms with Crippen LogP contribution in [-0.4, -0.2) is 121 Å². The summed E-state index contributed by atoms with van der Waals surface area (Å²) in [4.78, 5) is 0. The molecule has 0 spiro atoms. The number of hydrogen-bond acceptors (Lipinski definition) is 0. The van der Waals surface area contributed by atoms with Crippen molar-refractivity contribution in [1.29, 1.82) is 0 Å². The molecule has 0 nitrogen and oxygen atoms in total. The molecule has 0 aromatic heterocycles. The van der Waals surface area contributed by atoms with Crippen LogP contribution in [0, 0.1) is 0 Å². The summed E-state index contributed by atoms with van der Waals surface area (Å²) in [5.74, 6) is 0. The van der Waals surface area contributed by atoms with Crippen molar-refractivity contribution in [3.05, 3.63) is 0 Å². The molecule has 5 heteroatoms. The molecule has 0 fully saturated rings. The van der Waals surface area contributed by atoms with E-state index in [1.807, 2.05) is 0 Å². The molecule has 0 aromatic rings. The molecule has 0 aromatic carbocycles. The van der Waals surface area contributed by atoms with Crippen molar-refractivity contribution in [3.8, 4) is 0 Å². The van der Waals surface area contributed by atoms with Crippen LogP contribution in [0.3, 0.4) is 0 Å². The second-order valence-corrected chi connectivity index (χ2v) is 0. The standard InChI is InChI=1S/Ba.Ca.Fe.Mg.H4Si.6H/h;;;;1H4;;;;;;/q2*+2;;+2;;6*-1. The first kappa shape index (κ1) is 34.5. The van der Waals surface area contributed by atoms with Crippen molar-refractivity contribution in [3.63, 3.8) is 0 Å². The van der Waals surface area contributed by atoms with Crippen LogP contribution in [0.2, 0.25) is 0 Å². The molecule has 0 atom stereocenters. The van der Waals surface area contributed by atoms with E-state index in [-0.39, 0.29) is 146 Å². The Morgan fingerprint density at radius 2 is 1.20 bits per heavy atom. The summed E-state index contributed by atoms with van der Waals surface area (Å²) in [5.41, 5.74) is 0. The average molecular weight is 296 g/mol. The summed E-state index contributed by atoms with van der Waals surface area (Å²) in [6.45, 7) is 0. The van der Waals surface area contributed by atoms with Crippen molar-refractivity contribution in [2.24, 2.45) is 0 Å². The zero-order valence-electron chi connectivity index (χ0n) is 8.47. The molecular formula is H10BaCaFeMgSi. The van der Waals surface area contributed by atoms with Gasteiger partial charge in [0.05, 0.1) is 0 Å². The quantitative estimate of drug-likeness (QED) is 0.457. The van der Waals surface area contributed by atoms with E-state index in [2.05, 4.69) is 0 Å². The molecule has 28 valence electrons. The summed E-state index contributed by atoms with van der Waals surface area (Å²) in [6, 6.07) is 0. The molecule has 0 saturated heterocycles. The van der Waals surface area contributed by atoms with Gasteiger partial charge >= 0.3 is 110 Å². The molecular weight excluding hydrogens is 286 g/mol. The minimum atomic E-state index is 0. The summed E-state index contributed by atoms with van der Waals surface area (Å²) >= 11 is 0. The molecule has 0 aliphatic heterocycles. The summed E-state index contributed by atoms with van der Waals surface area (Å²) in [6.07, 6.45) is 0. The summed E-state index contributed by atoms with van der Waals surface area (Å²) < 4.78 is 0. The van der Waals surface area contributed by atoms with Gasteiger partial charge in [0.25, 0.3) is 0 Å². The molecule has 0 unspecified atom stereocenters. The fourth-order valence-electron chi connectivity index (χ4n) is 0. The molecule has 0 aliphatic carbocycles. The Labute approximate surface area is 143 Å². The van der Waals surface area contributed by atoms with E-state index in [1.165, 1.54) is 0 Å². The van der Waals surface area contributed by atoms with Gasteiger partial charge in [0, 0.05) is 17.1 Å². The van der Waals surface area contributed by atoms with Gasteiger partial charge in [-0.3, -0.25) is 0 Å². The molecule has 0 heterocycles. The van der Waals surface area contributed by atoms with Gasteiger partial charge in [0.2, 0.25) is 0 Å². The second-order valence-electron chi connectivity index (χ2n) is 0. The van der Waals surface area contributed by atoms with E-state index in [0.29, 0.717) is 0 Å². The van der Waals surface area contributed by atoms with Gasteiger partial charge in [-0.15, -0.1) is 0 Å². The van der Waals surface area contributed by atoms with Gasteiger partial charge in [0.1, 0.15) is 0 Å². The fourth-order valence-corrected chi connectivity index (χ4v) is 0. The van der Waals surface area contributed by atoms with Crippen LogP contribution in [0.4, 0.5) is 0 Å². The maximum atomic E-state index is 0. The molecule has 0 saturated carbocycles. The smallest absolute Gasteiger partial charge is 1.00 e. The Morgan fingerprint density at radius 1 is 1.20 bits per heavy atom. The molecule has 0 N–H and O–H groups in total. The van der Waals surface area contributed by atoms with Crippen molar-refractivity contribution in [2.45, 2.75) is 0 Å². The third kappa shape index (κ3) is 17.8. The van der Waals surface area contributed by atoms with Gasteiger partial charge in [0.15, 0.2) is 0 Å². The third-order valence-corrected chi connectivity index (χ3v) is 0. The van der Waals surface area contributed by atoms with E-state index in [4.69, 9.17) is 0 Å². The largest absolute Gasteiger partial charge is 2.00 e. The Kier molecular flexibility index (Phi) is 165. The van der Waals surface area contributed by atoms with E-state index in [0.717, 1.165) is 0 Å². The Balaban J connectivity index is 0. The Bertz CT molecular complexity index is 22.5. The first-order valence-corrected chi connectivity index (χ1v) is 0. The fraction of sp³-hybridized carbons (Fsp3) is 0. The molecule has 0 bridgehead atoms. The van der Waals surface area contributed by atoms with Crippen LogP contribution >= 0.6 is 0 Å². The van der Waals surface area contributed by atoms with Crippen LogP contribution in [0.1, 0.15) is 8.56 Å². The average Bonchev–Trinajstić information content (AvgIpc) is 0. The number of rotatable bonds is 0. The predicted octanol–water partition coefficient (Wildman–Crippen LogP) is -1.92. The van der Waals surface area contributed by atoms with Crippen molar-refractivity contribution in [2.75, 3.05) is 0 Å². The first-order chi connectivity index (χ1) is 0. The molecule has 0 rings (SSSR count).